The second-order valence-corrected chi connectivity index (χ2v) is 6.90. The van der Waals surface area contributed by atoms with E-state index in [1.807, 2.05) is 45.0 Å². The third-order valence-corrected chi connectivity index (χ3v) is 4.75. The van der Waals surface area contributed by atoms with Gasteiger partial charge in [-0.15, -0.1) is 0 Å². The number of aromatic nitrogens is 4. The number of anilines is 1. The molecular weight excluding hydrogens is 357 g/mol. The molecule has 1 atom stereocenters. The van der Waals surface area contributed by atoms with Gasteiger partial charge in [0.25, 0.3) is 0 Å². The molecule has 3 heterocycles. The lowest BCUT2D eigenvalue weighted by atomic mass is 10.1. The summed E-state index contributed by atoms with van der Waals surface area (Å²) in [6.07, 6.45) is 1.38. The smallest absolute Gasteiger partial charge is 0.159 e. The summed E-state index contributed by atoms with van der Waals surface area (Å²) in [5, 5.41) is 9.80. The third-order valence-electron chi connectivity index (χ3n) is 4.75. The highest BCUT2D eigenvalue weighted by Crippen LogP contribution is 2.29. The molecule has 0 bridgehead atoms. The molecule has 0 fully saturated rings. The fourth-order valence-electron chi connectivity index (χ4n) is 3.48. The van der Waals surface area contributed by atoms with Crippen LogP contribution in [0.5, 0.6) is 0 Å². The molecule has 1 unspecified atom stereocenters. The number of halogens is 1. The number of rotatable bonds is 4. The molecule has 0 amide bonds. The predicted molar refractivity (Wildman–Crippen MR) is 106 cm³/mol. The minimum absolute atomic E-state index is 0.145. The second kappa shape index (κ2) is 7.05. The van der Waals surface area contributed by atoms with Crippen LogP contribution in [0.1, 0.15) is 23.9 Å². The molecule has 28 heavy (non-hydrogen) atoms. The van der Waals surface area contributed by atoms with Crippen LogP contribution in [0.25, 0.3) is 11.5 Å². The van der Waals surface area contributed by atoms with Crippen LogP contribution in [0, 0.1) is 19.7 Å². The van der Waals surface area contributed by atoms with Gasteiger partial charge in [-0.3, -0.25) is 0 Å². The first-order valence-corrected chi connectivity index (χ1v) is 9.01. The Bertz CT molecular complexity index is 1040. The zero-order valence-corrected chi connectivity index (χ0v) is 16.2. The zero-order chi connectivity index (χ0) is 19.8. The van der Waals surface area contributed by atoms with Gasteiger partial charge in [0.05, 0.1) is 11.4 Å². The van der Waals surface area contributed by atoms with Crippen molar-refractivity contribution in [2.24, 2.45) is 0 Å². The number of nitrogens with one attached hydrogen (secondary N) is 2. The van der Waals surface area contributed by atoms with Crippen molar-refractivity contribution in [3.05, 3.63) is 71.1 Å². The van der Waals surface area contributed by atoms with Gasteiger partial charge in [0.15, 0.2) is 5.82 Å². The summed E-state index contributed by atoms with van der Waals surface area (Å²) < 4.78 is 15.1. The molecule has 8 heteroatoms. The lowest BCUT2D eigenvalue weighted by Crippen LogP contribution is -2.39. The third kappa shape index (κ3) is 3.34. The van der Waals surface area contributed by atoms with Crippen molar-refractivity contribution in [2.75, 3.05) is 12.4 Å². The maximum atomic E-state index is 13.3. The number of hydrogen-bond donors (Lipinski definition) is 2. The van der Waals surface area contributed by atoms with Crippen molar-refractivity contribution in [3.8, 4) is 5.82 Å². The van der Waals surface area contributed by atoms with Gasteiger partial charge >= 0.3 is 0 Å². The quantitative estimate of drug-likeness (QED) is 0.726. The molecule has 1 aromatic carbocycles. The van der Waals surface area contributed by atoms with E-state index in [9.17, 15) is 4.39 Å². The van der Waals surface area contributed by atoms with E-state index in [0.717, 1.165) is 28.2 Å². The Balaban J connectivity index is 1.60. The summed E-state index contributed by atoms with van der Waals surface area (Å²) in [4.78, 5) is 8.67. The Kier molecular flexibility index (Phi) is 4.56. The monoisotopic (exact) mass is 379 g/mol. The molecule has 4 rings (SSSR count). The van der Waals surface area contributed by atoms with Crippen LogP contribution in [0.2, 0.25) is 0 Å². The number of hydrazine groups is 1. The van der Waals surface area contributed by atoms with Gasteiger partial charge in [0, 0.05) is 18.8 Å². The summed E-state index contributed by atoms with van der Waals surface area (Å²) in [7, 11) is 1.94. The number of nitrogens with zero attached hydrogens (tertiary/aromatic N) is 5. The number of benzene rings is 1. The van der Waals surface area contributed by atoms with Gasteiger partial charge in [-0.25, -0.2) is 24.5 Å². The summed E-state index contributed by atoms with van der Waals surface area (Å²) >= 11 is 0. The van der Waals surface area contributed by atoms with Crippen molar-refractivity contribution in [1.29, 1.82) is 0 Å². The first-order valence-electron chi connectivity index (χ1n) is 9.01. The van der Waals surface area contributed by atoms with Gasteiger partial charge in [-0.2, -0.15) is 5.10 Å². The highest BCUT2D eigenvalue weighted by Gasteiger charge is 2.27. The first kappa shape index (κ1) is 18.1. The van der Waals surface area contributed by atoms with Crippen LogP contribution in [0.4, 0.5) is 10.2 Å². The average molecular weight is 379 g/mol. The van der Waals surface area contributed by atoms with E-state index in [1.165, 1.54) is 18.5 Å². The predicted octanol–water partition coefficient (Wildman–Crippen LogP) is 3.04. The summed E-state index contributed by atoms with van der Waals surface area (Å²) in [5.74, 6) is 1.14. The maximum absolute atomic E-state index is 13.3. The second-order valence-electron chi connectivity index (χ2n) is 6.90. The SMILES string of the molecule is CC1=C(c2ccc(F)cc2)N(C)NC1Nc1cc(-n2nc(C)cc2C)ncn1. The van der Waals surface area contributed by atoms with Crippen molar-refractivity contribution in [3.63, 3.8) is 0 Å². The Labute approximate surface area is 162 Å². The molecule has 2 N–H and O–H groups in total. The molecule has 1 aliphatic rings. The fourth-order valence-corrected chi connectivity index (χ4v) is 3.48. The zero-order valence-electron chi connectivity index (χ0n) is 16.2. The normalized spacial score (nSPS) is 16.8. The molecule has 3 aromatic rings. The van der Waals surface area contributed by atoms with Crippen molar-refractivity contribution in [1.82, 2.24) is 30.2 Å². The van der Waals surface area contributed by atoms with Crippen molar-refractivity contribution in [2.45, 2.75) is 26.9 Å². The van der Waals surface area contributed by atoms with E-state index in [2.05, 4.69) is 25.8 Å². The summed E-state index contributed by atoms with van der Waals surface area (Å²) in [5.41, 5.74) is 8.35. The van der Waals surface area contributed by atoms with Gasteiger partial charge < -0.3 is 10.3 Å². The average Bonchev–Trinajstić information content (AvgIpc) is 3.14. The van der Waals surface area contributed by atoms with Crippen molar-refractivity contribution < 1.29 is 4.39 Å². The Morgan fingerprint density at radius 2 is 1.82 bits per heavy atom. The molecule has 0 saturated carbocycles. The fraction of sp³-hybridized carbons (Fsp3) is 0.250. The summed E-state index contributed by atoms with van der Waals surface area (Å²) in [6, 6.07) is 10.4. The highest BCUT2D eigenvalue weighted by molar-refractivity contribution is 5.70. The molecule has 0 saturated heterocycles. The van der Waals surface area contributed by atoms with E-state index in [0.29, 0.717) is 11.6 Å². The first-order chi connectivity index (χ1) is 13.4. The van der Waals surface area contributed by atoms with Gasteiger partial charge in [-0.1, -0.05) is 0 Å². The van der Waals surface area contributed by atoms with Crippen LogP contribution in [-0.2, 0) is 0 Å². The summed E-state index contributed by atoms with van der Waals surface area (Å²) in [6.45, 7) is 5.98. The van der Waals surface area contributed by atoms with E-state index < -0.39 is 0 Å². The Morgan fingerprint density at radius 3 is 2.50 bits per heavy atom. The van der Waals surface area contributed by atoms with Gasteiger partial charge in [-0.05, 0) is 62.2 Å². The largest absolute Gasteiger partial charge is 0.349 e. The van der Waals surface area contributed by atoms with E-state index >= 15 is 0 Å². The van der Waals surface area contributed by atoms with Crippen LogP contribution in [0.3, 0.4) is 0 Å². The van der Waals surface area contributed by atoms with Gasteiger partial charge in [0.1, 0.15) is 24.1 Å². The molecular formula is C20H22FN7. The standard InChI is InChI=1S/C20H22FN7/c1-12-9-13(2)28(25-12)18-10-17(22-11-23-18)24-20-14(3)19(27(4)26-20)15-5-7-16(21)8-6-15/h5-11,20,26H,1-4H3,(H,22,23,24). The molecule has 2 aromatic heterocycles. The van der Waals surface area contributed by atoms with Crippen LogP contribution >= 0.6 is 0 Å². The topological polar surface area (TPSA) is 70.9 Å². The lowest BCUT2D eigenvalue weighted by Gasteiger charge is -2.19. The Morgan fingerprint density at radius 1 is 1.07 bits per heavy atom. The lowest BCUT2D eigenvalue weighted by molar-refractivity contribution is 0.355. The van der Waals surface area contributed by atoms with Crippen LogP contribution < -0.4 is 10.7 Å². The van der Waals surface area contributed by atoms with E-state index in [1.54, 1.807) is 16.8 Å². The van der Waals surface area contributed by atoms with Crippen molar-refractivity contribution >= 4 is 11.5 Å². The molecule has 1 aliphatic heterocycles. The molecule has 7 nitrogen and oxygen atoms in total. The number of hydrogen-bond acceptors (Lipinski definition) is 6. The van der Waals surface area contributed by atoms with E-state index in [4.69, 9.17) is 0 Å². The Hall–Kier alpha value is -3.26. The highest BCUT2D eigenvalue weighted by atomic mass is 19.1. The molecule has 0 spiro atoms. The molecule has 0 radical (unpaired) electrons. The van der Waals surface area contributed by atoms with E-state index in [-0.39, 0.29) is 12.0 Å². The maximum Gasteiger partial charge on any atom is 0.159 e. The van der Waals surface area contributed by atoms with Gasteiger partial charge in [0.2, 0.25) is 0 Å². The minimum Gasteiger partial charge on any atom is -0.349 e. The van der Waals surface area contributed by atoms with Crippen LogP contribution in [-0.4, -0.2) is 38.0 Å². The minimum atomic E-state index is -0.247. The number of aryl methyl sites for hydroxylation is 2. The molecule has 0 aliphatic carbocycles. The molecule has 144 valence electrons. The van der Waals surface area contributed by atoms with Crippen LogP contribution in [0.15, 0.2) is 48.3 Å².